The molecule has 0 bridgehead atoms. The molecule has 0 fully saturated rings. The minimum Gasteiger partial charge on any atom is -0.380 e. The summed E-state index contributed by atoms with van der Waals surface area (Å²) in [4.78, 5) is 14.2. The maximum atomic E-state index is 10.9. The van der Waals surface area contributed by atoms with Gasteiger partial charge < -0.3 is 20.2 Å². The van der Waals surface area contributed by atoms with Gasteiger partial charge in [-0.15, -0.1) is 0 Å². The Labute approximate surface area is 116 Å². The molecule has 0 unspecified atom stereocenters. The topological polar surface area (TPSA) is 77.3 Å². The predicted octanol–water partition coefficient (Wildman–Crippen LogP) is 2.75. The summed E-state index contributed by atoms with van der Waals surface area (Å²) < 4.78 is 5.13. The quantitative estimate of drug-likeness (QED) is 0.646. The van der Waals surface area contributed by atoms with Gasteiger partial charge >= 0.3 is 5.82 Å². The zero-order chi connectivity index (χ0) is 14.4. The lowest BCUT2D eigenvalue weighted by molar-refractivity contribution is -0.388. The third-order valence-electron chi connectivity index (χ3n) is 2.85. The maximum Gasteiger partial charge on any atom is 0.386 e. The van der Waals surface area contributed by atoms with Crippen molar-refractivity contribution in [3.8, 4) is 0 Å². The molecule has 0 aliphatic rings. The van der Waals surface area contributed by atoms with Crippen LogP contribution in [0.25, 0.3) is 0 Å². The van der Waals surface area contributed by atoms with Crippen molar-refractivity contribution in [2.45, 2.75) is 13.2 Å². The van der Waals surface area contributed by atoms with E-state index in [1.807, 2.05) is 24.3 Å². The Morgan fingerprint density at radius 1 is 1.25 bits per heavy atom. The minimum absolute atomic E-state index is 0.170. The molecule has 1 aromatic carbocycles. The fourth-order valence-electron chi connectivity index (χ4n) is 1.90. The first-order valence-electron chi connectivity index (χ1n) is 6.11. The number of nitro groups is 1. The average molecular weight is 273 g/mol. The molecule has 0 spiro atoms. The zero-order valence-corrected chi connectivity index (χ0v) is 11.1. The Morgan fingerprint density at radius 2 is 2.00 bits per heavy atom. The second kappa shape index (κ2) is 6.63. The third-order valence-corrected chi connectivity index (χ3v) is 2.85. The number of nitrogens with zero attached hydrogens (tertiary/aromatic N) is 2. The van der Waals surface area contributed by atoms with Gasteiger partial charge in [-0.25, -0.2) is 0 Å². The second-order valence-corrected chi connectivity index (χ2v) is 4.19. The largest absolute Gasteiger partial charge is 0.386 e. The average Bonchev–Trinajstić information content (AvgIpc) is 2.47. The van der Waals surface area contributed by atoms with Gasteiger partial charge in [0.05, 0.1) is 6.61 Å². The second-order valence-electron chi connectivity index (χ2n) is 4.19. The van der Waals surface area contributed by atoms with Crippen molar-refractivity contribution in [2.24, 2.45) is 0 Å². The van der Waals surface area contributed by atoms with Crippen molar-refractivity contribution in [1.29, 1.82) is 0 Å². The Balaban J connectivity index is 2.15. The highest BCUT2D eigenvalue weighted by molar-refractivity contribution is 5.56. The number of ether oxygens (including phenoxy) is 1. The van der Waals surface area contributed by atoms with E-state index in [0.29, 0.717) is 18.8 Å². The highest BCUT2D eigenvalue weighted by atomic mass is 16.6. The van der Waals surface area contributed by atoms with E-state index in [-0.39, 0.29) is 5.82 Å². The molecular weight excluding hydrogens is 258 g/mol. The van der Waals surface area contributed by atoms with E-state index in [1.54, 1.807) is 19.2 Å². The Morgan fingerprint density at radius 3 is 2.70 bits per heavy atom. The molecule has 0 amide bonds. The standard InChI is InChI=1S/C14H15N3O3/c1-20-10-12-6-3-2-5-11(12)9-16-13-7-4-8-15-14(13)17(18)19/h2-8,16H,9-10H2,1H3. The van der Waals surface area contributed by atoms with Crippen LogP contribution in [0.3, 0.4) is 0 Å². The van der Waals surface area contributed by atoms with Crippen LogP contribution in [0, 0.1) is 10.1 Å². The molecule has 0 saturated heterocycles. The molecule has 0 radical (unpaired) electrons. The number of benzene rings is 1. The van der Waals surface area contributed by atoms with Gasteiger partial charge in [-0.05, 0) is 33.2 Å². The van der Waals surface area contributed by atoms with E-state index >= 15 is 0 Å². The van der Waals surface area contributed by atoms with E-state index in [9.17, 15) is 10.1 Å². The van der Waals surface area contributed by atoms with Gasteiger partial charge in [0.2, 0.25) is 0 Å². The normalized spacial score (nSPS) is 10.2. The van der Waals surface area contributed by atoms with Crippen molar-refractivity contribution in [1.82, 2.24) is 4.98 Å². The molecule has 6 nitrogen and oxygen atoms in total. The monoisotopic (exact) mass is 273 g/mol. The van der Waals surface area contributed by atoms with Gasteiger partial charge in [0.15, 0.2) is 0 Å². The molecule has 1 aromatic heterocycles. The van der Waals surface area contributed by atoms with Crippen LogP contribution in [-0.4, -0.2) is 17.0 Å². The fraction of sp³-hybridized carbons (Fsp3) is 0.214. The summed E-state index contributed by atoms with van der Waals surface area (Å²) in [5, 5.41) is 13.9. The molecule has 1 heterocycles. The summed E-state index contributed by atoms with van der Waals surface area (Å²) in [6, 6.07) is 11.1. The van der Waals surface area contributed by atoms with E-state index < -0.39 is 4.92 Å². The Bertz CT molecular complexity index is 602. The summed E-state index contributed by atoms with van der Waals surface area (Å²) in [5.74, 6) is -0.170. The van der Waals surface area contributed by atoms with Crippen molar-refractivity contribution < 1.29 is 9.66 Å². The first kappa shape index (κ1) is 14.0. The van der Waals surface area contributed by atoms with E-state index in [0.717, 1.165) is 11.1 Å². The van der Waals surface area contributed by atoms with Gasteiger partial charge in [-0.1, -0.05) is 24.3 Å². The molecule has 2 aromatic rings. The molecule has 0 atom stereocenters. The van der Waals surface area contributed by atoms with Crippen molar-refractivity contribution in [3.63, 3.8) is 0 Å². The Hall–Kier alpha value is -2.47. The molecule has 0 saturated carbocycles. The summed E-state index contributed by atoms with van der Waals surface area (Å²) >= 11 is 0. The van der Waals surface area contributed by atoms with Crippen LogP contribution in [0.15, 0.2) is 42.6 Å². The summed E-state index contributed by atoms with van der Waals surface area (Å²) in [7, 11) is 1.64. The SMILES string of the molecule is COCc1ccccc1CNc1cccnc1[N+](=O)[O-]. The maximum absolute atomic E-state index is 10.9. The highest BCUT2D eigenvalue weighted by Crippen LogP contribution is 2.21. The lowest BCUT2D eigenvalue weighted by atomic mass is 10.1. The van der Waals surface area contributed by atoms with Gasteiger partial charge in [-0.2, -0.15) is 0 Å². The number of methoxy groups -OCH3 is 1. The van der Waals surface area contributed by atoms with Gasteiger partial charge in [0.1, 0.15) is 11.9 Å². The van der Waals surface area contributed by atoms with E-state index in [4.69, 9.17) is 4.74 Å². The van der Waals surface area contributed by atoms with Crippen LogP contribution in [0.2, 0.25) is 0 Å². The van der Waals surface area contributed by atoms with E-state index in [2.05, 4.69) is 10.3 Å². The predicted molar refractivity (Wildman–Crippen MR) is 75.4 cm³/mol. The number of anilines is 1. The number of hydrogen-bond donors (Lipinski definition) is 1. The van der Waals surface area contributed by atoms with Gasteiger partial charge in [0.25, 0.3) is 0 Å². The summed E-state index contributed by atoms with van der Waals surface area (Å²) in [6.45, 7) is 0.985. The summed E-state index contributed by atoms with van der Waals surface area (Å²) in [6.07, 6.45) is 1.40. The smallest absolute Gasteiger partial charge is 0.380 e. The van der Waals surface area contributed by atoms with Crippen LogP contribution in [0.4, 0.5) is 11.5 Å². The molecule has 0 aliphatic carbocycles. The van der Waals surface area contributed by atoms with E-state index in [1.165, 1.54) is 6.20 Å². The van der Waals surface area contributed by atoms with Gasteiger partial charge in [0, 0.05) is 13.7 Å². The van der Waals surface area contributed by atoms with Crippen LogP contribution in [0.5, 0.6) is 0 Å². The van der Waals surface area contributed by atoms with Crippen LogP contribution in [0.1, 0.15) is 11.1 Å². The van der Waals surface area contributed by atoms with Crippen LogP contribution >= 0.6 is 0 Å². The molecule has 1 N–H and O–H groups in total. The first-order valence-corrected chi connectivity index (χ1v) is 6.11. The van der Waals surface area contributed by atoms with Gasteiger partial charge in [-0.3, -0.25) is 0 Å². The molecule has 2 rings (SSSR count). The fourth-order valence-corrected chi connectivity index (χ4v) is 1.90. The Kier molecular flexibility index (Phi) is 4.62. The van der Waals surface area contributed by atoms with Crippen molar-refractivity contribution >= 4 is 11.5 Å². The lowest BCUT2D eigenvalue weighted by Gasteiger charge is -2.10. The molecule has 0 aliphatic heterocycles. The van der Waals surface area contributed by atoms with Crippen molar-refractivity contribution in [3.05, 3.63) is 63.8 Å². The number of hydrogen-bond acceptors (Lipinski definition) is 5. The first-order chi connectivity index (χ1) is 9.72. The van der Waals surface area contributed by atoms with Crippen LogP contribution in [-0.2, 0) is 17.9 Å². The third kappa shape index (κ3) is 3.30. The molecule has 104 valence electrons. The number of nitrogens with one attached hydrogen (secondary N) is 1. The minimum atomic E-state index is -0.497. The number of pyridine rings is 1. The summed E-state index contributed by atoms with van der Waals surface area (Å²) in [5.41, 5.74) is 2.49. The number of aromatic nitrogens is 1. The molecule has 6 heteroatoms. The lowest BCUT2D eigenvalue weighted by Crippen LogP contribution is -2.06. The zero-order valence-electron chi connectivity index (χ0n) is 11.1. The highest BCUT2D eigenvalue weighted by Gasteiger charge is 2.13. The molecule has 20 heavy (non-hydrogen) atoms. The molecular formula is C14H15N3O3. The number of rotatable bonds is 6. The van der Waals surface area contributed by atoms with Crippen LogP contribution < -0.4 is 5.32 Å². The van der Waals surface area contributed by atoms with Crippen molar-refractivity contribution in [2.75, 3.05) is 12.4 Å².